The van der Waals surface area contributed by atoms with Crippen LogP contribution >= 0.6 is 11.8 Å². The van der Waals surface area contributed by atoms with E-state index >= 15 is 0 Å². The Morgan fingerprint density at radius 3 is 2.60 bits per heavy atom. The Balaban J connectivity index is 3.15. The fourth-order valence-corrected chi connectivity index (χ4v) is 1.66. The van der Waals surface area contributed by atoms with E-state index in [9.17, 15) is 13.2 Å². The molecule has 1 aromatic rings. The van der Waals surface area contributed by atoms with Gasteiger partial charge < -0.3 is 0 Å². The van der Waals surface area contributed by atoms with Crippen molar-refractivity contribution in [2.24, 2.45) is 0 Å². The molecule has 0 atom stereocenters. The molecule has 0 aliphatic carbocycles. The zero-order chi connectivity index (χ0) is 11.5. The third kappa shape index (κ3) is 2.86. The van der Waals surface area contributed by atoms with Gasteiger partial charge in [0.05, 0.1) is 0 Å². The van der Waals surface area contributed by atoms with Crippen LogP contribution in [0.4, 0.5) is 13.2 Å². The number of thioether (sulfide) groups is 1. The van der Waals surface area contributed by atoms with Crippen molar-refractivity contribution in [1.82, 2.24) is 4.98 Å². The molecular weight excluding hydrogens is 225 g/mol. The molecule has 6 heteroatoms. The molecule has 0 unspecified atom stereocenters. The summed E-state index contributed by atoms with van der Waals surface area (Å²) in [6.45, 7) is 1.85. The van der Waals surface area contributed by atoms with Crippen LogP contribution in [-0.4, -0.2) is 10.7 Å². The van der Waals surface area contributed by atoms with E-state index in [-0.39, 0.29) is 5.69 Å². The van der Waals surface area contributed by atoms with Crippen molar-refractivity contribution < 1.29 is 13.2 Å². The van der Waals surface area contributed by atoms with Crippen LogP contribution in [0.15, 0.2) is 17.0 Å². The van der Waals surface area contributed by atoms with Crippen LogP contribution < -0.4 is 0 Å². The standard InChI is InChI=1S/C9H7F3N2S/c1-2-15-7-3-4-8(9(10,11)12)14-6(7)5-13/h3-4H,2H2,1H3. The summed E-state index contributed by atoms with van der Waals surface area (Å²) < 4.78 is 36.7. The minimum Gasteiger partial charge on any atom is -0.231 e. The van der Waals surface area contributed by atoms with Crippen LogP contribution in [0.3, 0.4) is 0 Å². The van der Waals surface area contributed by atoms with Gasteiger partial charge in [-0.15, -0.1) is 11.8 Å². The second-order valence-corrected chi connectivity index (χ2v) is 3.89. The van der Waals surface area contributed by atoms with Gasteiger partial charge in [0.2, 0.25) is 0 Å². The minimum atomic E-state index is -4.50. The van der Waals surface area contributed by atoms with Crippen LogP contribution in [0.1, 0.15) is 18.3 Å². The third-order valence-corrected chi connectivity index (χ3v) is 2.48. The van der Waals surface area contributed by atoms with E-state index in [1.54, 1.807) is 6.07 Å². The van der Waals surface area contributed by atoms with E-state index in [4.69, 9.17) is 5.26 Å². The summed E-state index contributed by atoms with van der Waals surface area (Å²) in [7, 11) is 0. The molecule has 80 valence electrons. The second-order valence-electron chi connectivity index (χ2n) is 2.59. The molecule has 0 saturated carbocycles. The van der Waals surface area contributed by atoms with Crippen molar-refractivity contribution in [1.29, 1.82) is 5.26 Å². The fourth-order valence-electron chi connectivity index (χ4n) is 0.956. The molecular formula is C9H7F3N2S. The van der Waals surface area contributed by atoms with Gasteiger partial charge in [-0.05, 0) is 17.9 Å². The van der Waals surface area contributed by atoms with Crippen LogP contribution in [-0.2, 0) is 6.18 Å². The van der Waals surface area contributed by atoms with Crippen LogP contribution in [0.2, 0.25) is 0 Å². The maximum atomic E-state index is 12.2. The summed E-state index contributed by atoms with van der Waals surface area (Å²) in [5, 5.41) is 8.64. The van der Waals surface area contributed by atoms with E-state index in [0.29, 0.717) is 10.6 Å². The molecule has 0 aliphatic rings. The summed E-state index contributed by atoms with van der Waals surface area (Å²) in [6.07, 6.45) is -4.50. The lowest BCUT2D eigenvalue weighted by molar-refractivity contribution is -0.141. The van der Waals surface area contributed by atoms with Gasteiger partial charge in [0.25, 0.3) is 0 Å². The van der Waals surface area contributed by atoms with E-state index in [2.05, 4.69) is 4.98 Å². The van der Waals surface area contributed by atoms with Gasteiger partial charge in [0.1, 0.15) is 11.8 Å². The summed E-state index contributed by atoms with van der Waals surface area (Å²) in [5.74, 6) is 0.682. The molecule has 0 aromatic carbocycles. The monoisotopic (exact) mass is 232 g/mol. The van der Waals surface area contributed by atoms with Crippen molar-refractivity contribution in [3.05, 3.63) is 23.5 Å². The normalized spacial score (nSPS) is 11.1. The first-order valence-corrected chi connectivity index (χ1v) is 5.08. The quantitative estimate of drug-likeness (QED) is 0.735. The van der Waals surface area contributed by atoms with E-state index in [1.807, 2.05) is 6.92 Å². The van der Waals surface area contributed by atoms with Crippen molar-refractivity contribution in [3.8, 4) is 6.07 Å². The van der Waals surface area contributed by atoms with Gasteiger partial charge in [0.15, 0.2) is 5.69 Å². The molecule has 1 heterocycles. The van der Waals surface area contributed by atoms with Gasteiger partial charge in [-0.1, -0.05) is 6.92 Å². The molecule has 0 spiro atoms. The van der Waals surface area contributed by atoms with Gasteiger partial charge in [-0.2, -0.15) is 18.4 Å². The van der Waals surface area contributed by atoms with Gasteiger partial charge in [-0.25, -0.2) is 4.98 Å². The maximum absolute atomic E-state index is 12.2. The number of alkyl halides is 3. The summed E-state index contributed by atoms with van der Waals surface area (Å²) in [5.41, 5.74) is -1.20. The number of halogens is 3. The molecule has 2 nitrogen and oxygen atoms in total. The maximum Gasteiger partial charge on any atom is 0.433 e. The fraction of sp³-hybridized carbons (Fsp3) is 0.333. The zero-order valence-corrected chi connectivity index (χ0v) is 8.61. The van der Waals surface area contributed by atoms with Crippen molar-refractivity contribution >= 4 is 11.8 Å². The lowest BCUT2D eigenvalue weighted by Gasteiger charge is -2.07. The molecule has 0 fully saturated rings. The number of hydrogen-bond donors (Lipinski definition) is 0. The molecule has 0 radical (unpaired) electrons. The lowest BCUT2D eigenvalue weighted by Crippen LogP contribution is -2.09. The smallest absolute Gasteiger partial charge is 0.231 e. The molecule has 1 aromatic heterocycles. The average molecular weight is 232 g/mol. The summed E-state index contributed by atoms with van der Waals surface area (Å²) >= 11 is 1.29. The Kier molecular flexibility index (Phi) is 3.58. The number of hydrogen-bond acceptors (Lipinski definition) is 3. The van der Waals surface area contributed by atoms with Gasteiger partial charge in [-0.3, -0.25) is 0 Å². The molecule has 0 saturated heterocycles. The largest absolute Gasteiger partial charge is 0.433 e. The Bertz CT molecular complexity index is 395. The topological polar surface area (TPSA) is 36.7 Å². The first kappa shape index (κ1) is 11.9. The van der Waals surface area contributed by atoms with Crippen molar-refractivity contribution in [3.63, 3.8) is 0 Å². The highest BCUT2D eigenvalue weighted by atomic mass is 32.2. The Hall–Kier alpha value is -1.22. The van der Waals surface area contributed by atoms with E-state index < -0.39 is 11.9 Å². The van der Waals surface area contributed by atoms with Crippen LogP contribution in [0.25, 0.3) is 0 Å². The SMILES string of the molecule is CCSc1ccc(C(F)(F)F)nc1C#N. The van der Waals surface area contributed by atoms with Crippen molar-refractivity contribution in [2.75, 3.05) is 5.75 Å². The Morgan fingerprint density at radius 2 is 2.13 bits per heavy atom. The molecule has 0 bridgehead atoms. The highest BCUT2D eigenvalue weighted by Gasteiger charge is 2.33. The highest BCUT2D eigenvalue weighted by Crippen LogP contribution is 2.30. The van der Waals surface area contributed by atoms with Crippen molar-refractivity contribution in [2.45, 2.75) is 18.0 Å². The molecule has 1 rings (SSSR count). The first-order valence-electron chi connectivity index (χ1n) is 4.10. The second kappa shape index (κ2) is 4.53. The van der Waals surface area contributed by atoms with E-state index in [1.165, 1.54) is 17.8 Å². The molecule has 0 aliphatic heterocycles. The lowest BCUT2D eigenvalue weighted by atomic mass is 10.3. The minimum absolute atomic E-state index is 0.170. The van der Waals surface area contributed by atoms with Crippen LogP contribution in [0, 0.1) is 11.3 Å². The average Bonchev–Trinajstić information content (AvgIpc) is 2.17. The van der Waals surface area contributed by atoms with Gasteiger partial charge >= 0.3 is 6.18 Å². The van der Waals surface area contributed by atoms with Crippen LogP contribution in [0.5, 0.6) is 0 Å². The zero-order valence-electron chi connectivity index (χ0n) is 7.80. The Morgan fingerprint density at radius 1 is 1.47 bits per heavy atom. The summed E-state index contributed by atoms with van der Waals surface area (Å²) in [4.78, 5) is 3.75. The Labute approximate surface area is 89.1 Å². The molecule has 0 amide bonds. The number of aromatic nitrogens is 1. The first-order chi connectivity index (χ1) is 6.99. The number of pyridine rings is 1. The van der Waals surface area contributed by atoms with Gasteiger partial charge in [0, 0.05) is 4.90 Å². The predicted molar refractivity (Wildman–Crippen MR) is 50.4 cm³/mol. The third-order valence-electron chi connectivity index (χ3n) is 1.55. The number of rotatable bonds is 2. The van der Waals surface area contributed by atoms with E-state index in [0.717, 1.165) is 6.07 Å². The molecule has 15 heavy (non-hydrogen) atoms. The number of nitriles is 1. The summed E-state index contributed by atoms with van der Waals surface area (Å²) in [6, 6.07) is 3.83. The molecule has 0 N–H and O–H groups in total. The number of nitrogens with zero attached hydrogens (tertiary/aromatic N) is 2. The highest BCUT2D eigenvalue weighted by molar-refractivity contribution is 7.99. The predicted octanol–water partition coefficient (Wildman–Crippen LogP) is 3.08.